The van der Waals surface area contributed by atoms with E-state index < -0.39 is 10.0 Å². The lowest BCUT2D eigenvalue weighted by Crippen LogP contribution is -2.53. The van der Waals surface area contributed by atoms with E-state index >= 15 is 0 Å². The van der Waals surface area contributed by atoms with E-state index in [4.69, 9.17) is 17.0 Å². The monoisotopic (exact) mass is 369 g/mol. The highest BCUT2D eigenvalue weighted by Gasteiger charge is 2.29. The number of rotatable bonds is 4. The third-order valence-electron chi connectivity index (χ3n) is 4.41. The quantitative estimate of drug-likeness (QED) is 0.801. The summed E-state index contributed by atoms with van der Waals surface area (Å²) in [4.78, 5) is 2.37. The van der Waals surface area contributed by atoms with Gasteiger partial charge in [0.25, 0.3) is 0 Å². The molecule has 0 aromatic heterocycles. The number of benzene rings is 1. The highest BCUT2D eigenvalue weighted by atomic mass is 32.2. The first kappa shape index (κ1) is 17.6. The molecule has 6 nitrogen and oxygen atoms in total. The number of ether oxygens (including phenoxy) is 1. The van der Waals surface area contributed by atoms with Crippen LogP contribution in [0.1, 0.15) is 12.8 Å². The summed E-state index contributed by atoms with van der Waals surface area (Å²) >= 11 is 5.43. The lowest BCUT2D eigenvalue weighted by atomic mass is 10.2. The molecule has 0 aliphatic carbocycles. The molecule has 2 fully saturated rings. The Labute approximate surface area is 148 Å². The number of thiocarbonyl (C=S) groups is 1. The van der Waals surface area contributed by atoms with Crippen LogP contribution in [0.3, 0.4) is 0 Å². The first-order valence-electron chi connectivity index (χ1n) is 8.27. The number of piperazine rings is 1. The molecule has 2 aliphatic rings. The molecule has 2 saturated heterocycles. The van der Waals surface area contributed by atoms with Crippen molar-refractivity contribution in [2.75, 3.05) is 39.3 Å². The van der Waals surface area contributed by atoms with Crippen LogP contribution < -0.4 is 5.32 Å². The molecule has 3 rings (SSSR count). The van der Waals surface area contributed by atoms with Gasteiger partial charge in [-0.25, -0.2) is 8.42 Å². The van der Waals surface area contributed by atoms with Gasteiger partial charge in [-0.1, -0.05) is 18.2 Å². The maximum atomic E-state index is 12.6. The van der Waals surface area contributed by atoms with Crippen molar-refractivity contribution < 1.29 is 13.2 Å². The second-order valence-corrected chi connectivity index (χ2v) is 8.35. The number of hydrogen-bond donors (Lipinski definition) is 1. The van der Waals surface area contributed by atoms with Crippen molar-refractivity contribution >= 4 is 27.4 Å². The molecular formula is C16H23N3O3S2. The average Bonchev–Trinajstić information content (AvgIpc) is 3.14. The lowest BCUT2D eigenvalue weighted by Gasteiger charge is -2.35. The number of hydrogen-bond acceptors (Lipinski definition) is 4. The van der Waals surface area contributed by atoms with E-state index in [0.717, 1.165) is 26.0 Å². The van der Waals surface area contributed by atoms with Gasteiger partial charge in [0.05, 0.1) is 11.0 Å². The first-order chi connectivity index (χ1) is 11.6. The van der Waals surface area contributed by atoms with Crippen LogP contribution in [-0.4, -0.2) is 68.2 Å². The lowest BCUT2D eigenvalue weighted by molar-refractivity contribution is 0.113. The van der Waals surface area contributed by atoms with E-state index in [9.17, 15) is 8.42 Å². The molecule has 1 aromatic rings. The van der Waals surface area contributed by atoms with Gasteiger partial charge in [-0.3, -0.25) is 0 Å². The van der Waals surface area contributed by atoms with E-state index in [1.807, 2.05) is 11.0 Å². The van der Waals surface area contributed by atoms with Crippen LogP contribution in [0.5, 0.6) is 0 Å². The van der Waals surface area contributed by atoms with Gasteiger partial charge in [0.15, 0.2) is 5.11 Å². The molecule has 2 aliphatic heterocycles. The van der Waals surface area contributed by atoms with Crippen molar-refractivity contribution in [2.24, 2.45) is 0 Å². The van der Waals surface area contributed by atoms with E-state index in [2.05, 4.69) is 5.32 Å². The van der Waals surface area contributed by atoms with Gasteiger partial charge in [-0.15, -0.1) is 0 Å². The van der Waals surface area contributed by atoms with Crippen molar-refractivity contribution in [1.29, 1.82) is 0 Å². The Morgan fingerprint density at radius 2 is 1.92 bits per heavy atom. The van der Waals surface area contributed by atoms with Crippen molar-refractivity contribution in [3.8, 4) is 0 Å². The summed E-state index contributed by atoms with van der Waals surface area (Å²) in [6.07, 6.45) is 2.41. The molecule has 0 spiro atoms. The second-order valence-electron chi connectivity index (χ2n) is 6.03. The molecule has 0 amide bonds. The van der Waals surface area contributed by atoms with Crippen LogP contribution in [0.2, 0.25) is 0 Å². The Morgan fingerprint density at radius 1 is 1.21 bits per heavy atom. The molecule has 132 valence electrons. The van der Waals surface area contributed by atoms with Crippen molar-refractivity contribution in [2.45, 2.75) is 23.8 Å². The van der Waals surface area contributed by atoms with Gasteiger partial charge < -0.3 is 15.0 Å². The molecule has 8 heteroatoms. The largest absolute Gasteiger partial charge is 0.376 e. The summed E-state index contributed by atoms with van der Waals surface area (Å²) in [5, 5.41) is 3.93. The van der Waals surface area contributed by atoms with Crippen molar-refractivity contribution in [1.82, 2.24) is 14.5 Å². The van der Waals surface area contributed by atoms with Crippen LogP contribution in [0.4, 0.5) is 0 Å². The molecule has 2 heterocycles. The Kier molecular flexibility index (Phi) is 5.70. The predicted octanol–water partition coefficient (Wildman–Crippen LogP) is 1.05. The minimum absolute atomic E-state index is 0.239. The maximum absolute atomic E-state index is 12.6. The molecular weight excluding hydrogens is 346 g/mol. The maximum Gasteiger partial charge on any atom is 0.243 e. The first-order valence-corrected chi connectivity index (χ1v) is 10.1. The Balaban J connectivity index is 1.51. The Bertz CT molecular complexity index is 652. The summed E-state index contributed by atoms with van der Waals surface area (Å²) in [7, 11) is -3.41. The van der Waals surface area contributed by atoms with Gasteiger partial charge in [-0.05, 0) is 37.2 Å². The summed E-state index contributed by atoms with van der Waals surface area (Å²) in [6.45, 7) is 3.64. The predicted molar refractivity (Wildman–Crippen MR) is 96.3 cm³/mol. The number of nitrogens with zero attached hydrogens (tertiary/aromatic N) is 2. The van der Waals surface area contributed by atoms with Crippen LogP contribution in [0.25, 0.3) is 0 Å². The molecule has 24 heavy (non-hydrogen) atoms. The zero-order valence-corrected chi connectivity index (χ0v) is 15.2. The van der Waals surface area contributed by atoms with Crippen molar-refractivity contribution in [3.05, 3.63) is 30.3 Å². The SMILES string of the molecule is O=S(=O)(c1ccccc1)N1CCN(C(=S)NC[C@H]2CCCO2)CC1. The van der Waals surface area contributed by atoms with Gasteiger partial charge in [0.2, 0.25) is 10.0 Å². The van der Waals surface area contributed by atoms with E-state index in [-0.39, 0.29) is 6.10 Å². The van der Waals surface area contributed by atoms with Gasteiger partial charge in [-0.2, -0.15) is 4.31 Å². The average molecular weight is 370 g/mol. The zero-order chi connectivity index (χ0) is 17.0. The Morgan fingerprint density at radius 3 is 2.54 bits per heavy atom. The minimum atomic E-state index is -3.41. The molecule has 0 radical (unpaired) electrons. The van der Waals surface area contributed by atoms with E-state index in [1.165, 1.54) is 4.31 Å². The van der Waals surface area contributed by atoms with Gasteiger partial charge in [0, 0.05) is 39.3 Å². The minimum Gasteiger partial charge on any atom is -0.376 e. The van der Waals surface area contributed by atoms with Crippen LogP contribution in [-0.2, 0) is 14.8 Å². The topological polar surface area (TPSA) is 61.9 Å². The molecule has 1 aromatic carbocycles. The zero-order valence-electron chi connectivity index (χ0n) is 13.6. The fourth-order valence-corrected chi connectivity index (χ4v) is 4.70. The van der Waals surface area contributed by atoms with Crippen LogP contribution in [0, 0.1) is 0 Å². The summed E-state index contributed by atoms with van der Waals surface area (Å²) < 4.78 is 32.3. The number of sulfonamides is 1. The summed E-state index contributed by atoms with van der Waals surface area (Å²) in [6, 6.07) is 8.57. The molecule has 0 bridgehead atoms. The van der Waals surface area contributed by atoms with Crippen LogP contribution in [0.15, 0.2) is 35.2 Å². The third-order valence-corrected chi connectivity index (χ3v) is 6.73. The fourth-order valence-electron chi connectivity index (χ4n) is 2.99. The van der Waals surface area contributed by atoms with E-state index in [1.54, 1.807) is 24.3 Å². The van der Waals surface area contributed by atoms with Crippen molar-refractivity contribution in [3.63, 3.8) is 0 Å². The van der Waals surface area contributed by atoms with Crippen LogP contribution >= 0.6 is 12.2 Å². The third kappa shape index (κ3) is 4.05. The summed E-state index contributed by atoms with van der Waals surface area (Å²) in [5.41, 5.74) is 0. The molecule has 0 unspecified atom stereocenters. The molecule has 0 saturated carbocycles. The van der Waals surface area contributed by atoms with Gasteiger partial charge >= 0.3 is 0 Å². The highest BCUT2D eigenvalue weighted by molar-refractivity contribution is 7.89. The second kappa shape index (κ2) is 7.77. The Hall–Kier alpha value is -1.22. The highest BCUT2D eigenvalue weighted by Crippen LogP contribution is 2.17. The number of nitrogens with one attached hydrogen (secondary N) is 1. The molecule has 1 atom stereocenters. The standard InChI is InChI=1S/C16H23N3O3S2/c20-24(21,15-6-2-1-3-7-15)19-10-8-18(9-11-19)16(23)17-13-14-5-4-12-22-14/h1-3,6-7,14H,4-5,8-13H2,(H,17,23)/t14-/m1/s1. The van der Waals surface area contributed by atoms with E-state index in [0.29, 0.717) is 36.2 Å². The summed E-state index contributed by atoms with van der Waals surface area (Å²) in [5.74, 6) is 0. The smallest absolute Gasteiger partial charge is 0.243 e. The van der Waals surface area contributed by atoms with Gasteiger partial charge in [0.1, 0.15) is 0 Å². The fraction of sp³-hybridized carbons (Fsp3) is 0.562. The molecule has 1 N–H and O–H groups in total. The normalized spacial score (nSPS) is 22.5.